The van der Waals surface area contributed by atoms with E-state index in [4.69, 9.17) is 0 Å². The van der Waals surface area contributed by atoms with Gasteiger partial charge in [-0.3, -0.25) is 4.79 Å². The maximum absolute atomic E-state index is 11.7. The minimum absolute atomic E-state index is 0. The normalized spacial score (nSPS) is 29.1. The van der Waals surface area contributed by atoms with E-state index in [0.717, 1.165) is 25.9 Å². The van der Waals surface area contributed by atoms with Crippen molar-refractivity contribution in [1.82, 2.24) is 10.6 Å². The summed E-state index contributed by atoms with van der Waals surface area (Å²) in [6, 6.07) is 0.366. The minimum atomic E-state index is 0. The summed E-state index contributed by atoms with van der Waals surface area (Å²) in [5.41, 5.74) is 0.283. The Morgan fingerprint density at radius 2 is 2.12 bits per heavy atom. The molecule has 2 N–H and O–H groups in total. The fourth-order valence-electron chi connectivity index (χ4n) is 2.00. The Kier molecular flexibility index (Phi) is 6.34. The molecule has 0 spiro atoms. The van der Waals surface area contributed by atoms with Crippen molar-refractivity contribution in [2.75, 3.05) is 13.1 Å². The number of amides is 1. The van der Waals surface area contributed by atoms with E-state index in [1.807, 2.05) is 0 Å². The summed E-state index contributed by atoms with van der Waals surface area (Å²) in [4.78, 5) is 11.7. The lowest BCUT2D eigenvalue weighted by molar-refractivity contribution is -0.123. The Balaban J connectivity index is 0.00000225. The number of nitrogens with one attached hydrogen (secondary N) is 2. The zero-order valence-corrected chi connectivity index (χ0v) is 11.6. The van der Waals surface area contributed by atoms with Gasteiger partial charge in [-0.2, -0.15) is 0 Å². The van der Waals surface area contributed by atoms with E-state index in [2.05, 4.69) is 38.3 Å². The Morgan fingerprint density at radius 1 is 1.50 bits per heavy atom. The first-order valence-electron chi connectivity index (χ1n) is 6.04. The van der Waals surface area contributed by atoms with Crippen LogP contribution in [0.5, 0.6) is 0 Å². The summed E-state index contributed by atoms with van der Waals surface area (Å²) in [5.74, 6) is 0.500. The largest absolute Gasteiger partial charge is 0.354 e. The molecule has 1 rings (SSSR count). The van der Waals surface area contributed by atoms with Crippen molar-refractivity contribution in [3.05, 3.63) is 0 Å². The number of hydrogen-bond donors (Lipinski definition) is 2. The van der Waals surface area contributed by atoms with Crippen molar-refractivity contribution in [3.63, 3.8) is 0 Å². The van der Waals surface area contributed by atoms with Crippen LogP contribution in [0.4, 0.5) is 0 Å². The second-order valence-corrected chi connectivity index (χ2v) is 4.97. The topological polar surface area (TPSA) is 41.1 Å². The van der Waals surface area contributed by atoms with Crippen LogP contribution in [-0.2, 0) is 4.79 Å². The number of carbonyl (C=O) groups is 1. The molecule has 2 unspecified atom stereocenters. The van der Waals surface area contributed by atoms with Crippen LogP contribution >= 0.6 is 12.4 Å². The smallest absolute Gasteiger partial charge is 0.223 e. The standard InChI is InChI=1S/C12H24N2O.ClH/c1-5-12(4)7-10(12)11(15)14-8-9(3)13-6-2;/h9-10,13H,5-8H2,1-4H3,(H,14,15);1H/t9-,10?,12?;/m1./s1. The third-order valence-corrected chi connectivity index (χ3v) is 3.61. The summed E-state index contributed by atoms with van der Waals surface area (Å²) in [6.45, 7) is 10.2. The molecule has 3 atom stereocenters. The van der Waals surface area contributed by atoms with Crippen molar-refractivity contribution < 1.29 is 4.79 Å². The lowest BCUT2D eigenvalue weighted by atomic mass is 10.0. The maximum Gasteiger partial charge on any atom is 0.223 e. The van der Waals surface area contributed by atoms with Gasteiger partial charge in [0.15, 0.2) is 0 Å². The third kappa shape index (κ3) is 3.95. The predicted octanol–water partition coefficient (Wildman–Crippen LogP) is 1.96. The molecule has 1 aliphatic carbocycles. The molecule has 1 aliphatic rings. The molecule has 1 fully saturated rings. The van der Waals surface area contributed by atoms with Crippen LogP contribution in [0, 0.1) is 11.3 Å². The molecule has 16 heavy (non-hydrogen) atoms. The van der Waals surface area contributed by atoms with Crippen LogP contribution in [0.3, 0.4) is 0 Å². The van der Waals surface area contributed by atoms with E-state index < -0.39 is 0 Å². The van der Waals surface area contributed by atoms with Gasteiger partial charge in [-0.1, -0.05) is 20.8 Å². The molecule has 0 bridgehead atoms. The maximum atomic E-state index is 11.7. The van der Waals surface area contributed by atoms with E-state index >= 15 is 0 Å². The monoisotopic (exact) mass is 248 g/mol. The SMILES string of the molecule is CCN[C@H](C)CNC(=O)C1CC1(C)CC.Cl. The number of hydrogen-bond acceptors (Lipinski definition) is 2. The Bertz CT molecular complexity index is 235. The lowest BCUT2D eigenvalue weighted by Gasteiger charge is -2.14. The summed E-state index contributed by atoms with van der Waals surface area (Å²) >= 11 is 0. The molecule has 0 radical (unpaired) electrons. The highest BCUT2D eigenvalue weighted by molar-refractivity contribution is 5.85. The second-order valence-electron chi connectivity index (χ2n) is 4.97. The van der Waals surface area contributed by atoms with Crippen molar-refractivity contribution in [2.45, 2.75) is 46.6 Å². The molecule has 0 saturated heterocycles. The highest BCUT2D eigenvalue weighted by Crippen LogP contribution is 2.54. The van der Waals surface area contributed by atoms with Crippen molar-refractivity contribution in [2.24, 2.45) is 11.3 Å². The Hall–Kier alpha value is -0.280. The molecule has 4 heteroatoms. The summed E-state index contributed by atoms with van der Waals surface area (Å²) in [5, 5.41) is 6.30. The van der Waals surface area contributed by atoms with E-state index in [9.17, 15) is 4.79 Å². The third-order valence-electron chi connectivity index (χ3n) is 3.61. The second kappa shape index (κ2) is 6.45. The molecule has 0 aromatic carbocycles. The van der Waals surface area contributed by atoms with Crippen LogP contribution in [0.2, 0.25) is 0 Å². The van der Waals surface area contributed by atoms with E-state index in [1.54, 1.807) is 0 Å². The number of rotatable bonds is 6. The summed E-state index contributed by atoms with van der Waals surface area (Å²) in [7, 11) is 0. The summed E-state index contributed by atoms with van der Waals surface area (Å²) < 4.78 is 0. The minimum Gasteiger partial charge on any atom is -0.354 e. The van der Waals surface area contributed by atoms with E-state index in [-0.39, 0.29) is 29.6 Å². The first-order valence-corrected chi connectivity index (χ1v) is 6.04. The van der Waals surface area contributed by atoms with Gasteiger partial charge in [0.05, 0.1) is 0 Å². The van der Waals surface area contributed by atoms with Gasteiger partial charge in [0.2, 0.25) is 5.91 Å². The number of carbonyl (C=O) groups excluding carboxylic acids is 1. The van der Waals surface area contributed by atoms with Gasteiger partial charge in [-0.05, 0) is 31.7 Å². The van der Waals surface area contributed by atoms with Crippen LogP contribution in [-0.4, -0.2) is 25.0 Å². The predicted molar refractivity (Wildman–Crippen MR) is 69.9 cm³/mol. The molecule has 1 saturated carbocycles. The van der Waals surface area contributed by atoms with Crippen molar-refractivity contribution in [1.29, 1.82) is 0 Å². The van der Waals surface area contributed by atoms with Gasteiger partial charge < -0.3 is 10.6 Å². The van der Waals surface area contributed by atoms with Crippen LogP contribution in [0.15, 0.2) is 0 Å². The van der Waals surface area contributed by atoms with Gasteiger partial charge >= 0.3 is 0 Å². The number of halogens is 1. The van der Waals surface area contributed by atoms with Crippen LogP contribution < -0.4 is 10.6 Å². The molecule has 0 heterocycles. The average Bonchev–Trinajstić information content (AvgIpc) is 2.89. The quantitative estimate of drug-likeness (QED) is 0.755. The lowest BCUT2D eigenvalue weighted by Crippen LogP contribution is -2.39. The van der Waals surface area contributed by atoms with E-state index in [1.165, 1.54) is 0 Å². The molecule has 3 nitrogen and oxygen atoms in total. The molecule has 0 aromatic rings. The van der Waals surface area contributed by atoms with Crippen molar-refractivity contribution in [3.8, 4) is 0 Å². The Morgan fingerprint density at radius 3 is 2.56 bits per heavy atom. The zero-order valence-electron chi connectivity index (χ0n) is 10.8. The molecule has 1 amide bonds. The average molecular weight is 249 g/mol. The van der Waals surface area contributed by atoms with Gasteiger partial charge in [0.1, 0.15) is 0 Å². The first-order chi connectivity index (χ1) is 7.03. The van der Waals surface area contributed by atoms with Crippen LogP contribution in [0.1, 0.15) is 40.5 Å². The van der Waals surface area contributed by atoms with Gasteiger partial charge in [0, 0.05) is 18.5 Å². The van der Waals surface area contributed by atoms with Gasteiger partial charge in [-0.25, -0.2) is 0 Å². The first kappa shape index (κ1) is 15.7. The number of likely N-dealkylation sites (N-methyl/N-ethyl adjacent to an activating group) is 1. The molecule has 0 aromatic heterocycles. The molecule has 0 aliphatic heterocycles. The fraction of sp³-hybridized carbons (Fsp3) is 0.917. The van der Waals surface area contributed by atoms with Gasteiger partial charge in [0.25, 0.3) is 0 Å². The highest BCUT2D eigenvalue weighted by atomic mass is 35.5. The Labute approximate surface area is 105 Å². The molecular formula is C12H25ClN2O. The van der Waals surface area contributed by atoms with Gasteiger partial charge in [-0.15, -0.1) is 12.4 Å². The zero-order chi connectivity index (χ0) is 11.5. The highest BCUT2D eigenvalue weighted by Gasteiger charge is 2.52. The molecule has 96 valence electrons. The fourth-order valence-corrected chi connectivity index (χ4v) is 2.00. The molecular weight excluding hydrogens is 224 g/mol. The van der Waals surface area contributed by atoms with E-state index in [0.29, 0.717) is 6.04 Å². The van der Waals surface area contributed by atoms with Crippen molar-refractivity contribution >= 4 is 18.3 Å². The van der Waals surface area contributed by atoms with Crippen LogP contribution in [0.25, 0.3) is 0 Å². The summed E-state index contributed by atoms with van der Waals surface area (Å²) in [6.07, 6.45) is 2.17.